The Morgan fingerprint density at radius 3 is 2.38 bits per heavy atom. The van der Waals surface area contributed by atoms with Crippen LogP contribution in [0.4, 0.5) is 14.5 Å². The molecule has 0 fully saturated rings. The van der Waals surface area contributed by atoms with Crippen LogP contribution in [0.3, 0.4) is 0 Å². The quantitative estimate of drug-likeness (QED) is 0.775. The van der Waals surface area contributed by atoms with Gasteiger partial charge in [0.15, 0.2) is 11.6 Å². The SMILES string of the molecule is C[C@H](NC(=O)[C@@H](C)N(c1ccc(F)c(F)c1)S(C)(=O)=O)c1ccc2c(c1)CCC2. The number of nitrogens with zero attached hydrogens (tertiary/aromatic N) is 1. The molecule has 0 saturated carbocycles. The number of sulfonamides is 1. The molecule has 0 radical (unpaired) electrons. The van der Waals surface area contributed by atoms with Crippen molar-refractivity contribution >= 4 is 21.6 Å². The zero-order chi connectivity index (χ0) is 21.3. The lowest BCUT2D eigenvalue weighted by atomic mass is 10.0. The average Bonchev–Trinajstić information content (AvgIpc) is 3.11. The van der Waals surface area contributed by atoms with E-state index in [-0.39, 0.29) is 11.7 Å². The van der Waals surface area contributed by atoms with Crippen LogP contribution in [-0.2, 0) is 27.7 Å². The van der Waals surface area contributed by atoms with Crippen molar-refractivity contribution in [3.8, 4) is 0 Å². The van der Waals surface area contributed by atoms with Gasteiger partial charge in [0.1, 0.15) is 6.04 Å². The lowest BCUT2D eigenvalue weighted by Crippen LogP contribution is -2.48. The summed E-state index contributed by atoms with van der Waals surface area (Å²) in [6.45, 7) is 3.23. The predicted molar refractivity (Wildman–Crippen MR) is 108 cm³/mol. The molecule has 156 valence electrons. The Bertz CT molecular complexity index is 1040. The first kappa shape index (κ1) is 21.2. The zero-order valence-electron chi connectivity index (χ0n) is 16.6. The third kappa shape index (κ3) is 4.58. The van der Waals surface area contributed by atoms with Gasteiger partial charge in [0.25, 0.3) is 0 Å². The predicted octanol–water partition coefficient (Wildman–Crippen LogP) is 3.49. The normalized spacial score (nSPS) is 15.5. The summed E-state index contributed by atoms with van der Waals surface area (Å²) in [4.78, 5) is 12.8. The molecule has 3 rings (SSSR count). The molecule has 0 heterocycles. The zero-order valence-corrected chi connectivity index (χ0v) is 17.4. The summed E-state index contributed by atoms with van der Waals surface area (Å²) in [5.41, 5.74) is 3.42. The third-order valence-corrected chi connectivity index (χ3v) is 6.47. The third-order valence-electron chi connectivity index (χ3n) is 5.23. The molecule has 1 aliphatic carbocycles. The van der Waals surface area contributed by atoms with Crippen LogP contribution in [0.2, 0.25) is 0 Å². The molecule has 0 aromatic heterocycles. The summed E-state index contributed by atoms with van der Waals surface area (Å²) in [5, 5.41) is 2.82. The summed E-state index contributed by atoms with van der Waals surface area (Å²) >= 11 is 0. The van der Waals surface area contributed by atoms with Crippen molar-refractivity contribution in [3.63, 3.8) is 0 Å². The topological polar surface area (TPSA) is 66.5 Å². The van der Waals surface area contributed by atoms with Crippen molar-refractivity contribution in [2.75, 3.05) is 10.6 Å². The Morgan fingerprint density at radius 1 is 1.03 bits per heavy atom. The van der Waals surface area contributed by atoms with E-state index in [1.807, 2.05) is 13.0 Å². The number of carbonyl (C=O) groups excluding carboxylic acids is 1. The molecule has 29 heavy (non-hydrogen) atoms. The van der Waals surface area contributed by atoms with Gasteiger partial charge in [-0.2, -0.15) is 0 Å². The van der Waals surface area contributed by atoms with Crippen molar-refractivity contribution in [3.05, 3.63) is 64.7 Å². The van der Waals surface area contributed by atoms with E-state index in [4.69, 9.17) is 0 Å². The lowest BCUT2D eigenvalue weighted by Gasteiger charge is -2.29. The summed E-state index contributed by atoms with van der Waals surface area (Å²) < 4.78 is 52.3. The van der Waals surface area contributed by atoms with Gasteiger partial charge in [-0.1, -0.05) is 18.2 Å². The van der Waals surface area contributed by atoms with Crippen molar-refractivity contribution in [1.82, 2.24) is 5.32 Å². The summed E-state index contributed by atoms with van der Waals surface area (Å²) in [6.07, 6.45) is 4.11. The van der Waals surface area contributed by atoms with E-state index in [9.17, 15) is 22.0 Å². The fourth-order valence-electron chi connectivity index (χ4n) is 3.71. The van der Waals surface area contributed by atoms with E-state index in [2.05, 4.69) is 17.4 Å². The molecule has 1 amide bonds. The van der Waals surface area contributed by atoms with E-state index in [0.29, 0.717) is 0 Å². The molecule has 0 bridgehead atoms. The molecule has 0 saturated heterocycles. The van der Waals surface area contributed by atoms with Crippen LogP contribution in [0.25, 0.3) is 0 Å². The smallest absolute Gasteiger partial charge is 0.244 e. The standard InChI is InChI=1S/C21H24F2N2O3S/c1-13(16-8-7-15-5-4-6-17(15)11-16)24-21(26)14(2)25(29(3,27)28)18-9-10-19(22)20(23)12-18/h7-14H,4-6H2,1-3H3,(H,24,26)/t13-,14+/m0/s1. The van der Waals surface area contributed by atoms with E-state index in [0.717, 1.165) is 53.6 Å². The van der Waals surface area contributed by atoms with Gasteiger partial charge in [-0.15, -0.1) is 0 Å². The number of hydrogen-bond donors (Lipinski definition) is 1. The molecule has 0 spiro atoms. The molecule has 1 N–H and O–H groups in total. The minimum absolute atomic E-state index is 0.112. The van der Waals surface area contributed by atoms with E-state index >= 15 is 0 Å². The molecule has 1 aliphatic rings. The lowest BCUT2D eigenvalue weighted by molar-refractivity contribution is -0.122. The Labute approximate surface area is 169 Å². The highest BCUT2D eigenvalue weighted by Crippen LogP contribution is 2.26. The number of rotatable bonds is 6. The van der Waals surface area contributed by atoms with E-state index in [1.165, 1.54) is 18.1 Å². The Kier molecular flexibility index (Phi) is 5.93. The van der Waals surface area contributed by atoms with Gasteiger partial charge < -0.3 is 5.32 Å². The van der Waals surface area contributed by atoms with E-state index in [1.54, 1.807) is 0 Å². The van der Waals surface area contributed by atoms with Crippen LogP contribution < -0.4 is 9.62 Å². The maximum Gasteiger partial charge on any atom is 0.244 e. The summed E-state index contributed by atoms with van der Waals surface area (Å²) in [7, 11) is -3.92. The number of halogens is 2. The minimum atomic E-state index is -3.92. The first-order valence-corrected chi connectivity index (χ1v) is 11.3. The minimum Gasteiger partial charge on any atom is -0.348 e. The molecular weight excluding hydrogens is 398 g/mol. The molecule has 2 atom stereocenters. The number of nitrogens with one attached hydrogen (secondary N) is 1. The second-order valence-corrected chi connectivity index (χ2v) is 9.30. The maximum atomic E-state index is 13.6. The van der Waals surface area contributed by atoms with Gasteiger partial charge in [0, 0.05) is 6.07 Å². The number of aryl methyl sites for hydroxylation is 2. The molecule has 8 heteroatoms. The fourth-order valence-corrected chi connectivity index (χ4v) is 4.88. The number of benzene rings is 2. The maximum absolute atomic E-state index is 13.6. The second-order valence-electron chi connectivity index (χ2n) is 7.45. The molecule has 2 aromatic carbocycles. The van der Waals surface area contributed by atoms with Gasteiger partial charge in [-0.3, -0.25) is 9.10 Å². The van der Waals surface area contributed by atoms with Crippen molar-refractivity contribution < 1.29 is 22.0 Å². The Morgan fingerprint density at radius 2 is 1.72 bits per heavy atom. The van der Waals surface area contributed by atoms with Crippen LogP contribution >= 0.6 is 0 Å². The molecular formula is C21H24F2N2O3S. The second kappa shape index (κ2) is 8.10. The number of anilines is 1. The van der Waals surface area contributed by atoms with Crippen LogP contribution in [0.5, 0.6) is 0 Å². The number of carbonyl (C=O) groups is 1. The van der Waals surface area contributed by atoms with Crippen LogP contribution in [0, 0.1) is 11.6 Å². The van der Waals surface area contributed by atoms with Crippen LogP contribution in [-0.4, -0.2) is 26.6 Å². The highest BCUT2D eigenvalue weighted by atomic mass is 32.2. The van der Waals surface area contributed by atoms with Crippen molar-refractivity contribution in [1.29, 1.82) is 0 Å². The summed E-state index contributed by atoms with van der Waals surface area (Å²) in [6, 6.07) is 7.35. The monoisotopic (exact) mass is 422 g/mol. The van der Waals surface area contributed by atoms with Crippen molar-refractivity contribution in [2.45, 2.75) is 45.2 Å². The number of amides is 1. The average molecular weight is 422 g/mol. The Balaban J connectivity index is 1.81. The van der Waals surface area contributed by atoms with Crippen molar-refractivity contribution in [2.24, 2.45) is 0 Å². The number of hydrogen-bond acceptors (Lipinski definition) is 3. The van der Waals surface area contributed by atoms with Crippen LogP contribution in [0.1, 0.15) is 43.0 Å². The van der Waals surface area contributed by atoms with Gasteiger partial charge in [0.05, 0.1) is 18.0 Å². The first-order chi connectivity index (χ1) is 13.6. The van der Waals surface area contributed by atoms with Gasteiger partial charge in [0.2, 0.25) is 15.9 Å². The highest BCUT2D eigenvalue weighted by molar-refractivity contribution is 7.92. The highest BCUT2D eigenvalue weighted by Gasteiger charge is 2.30. The molecule has 2 aromatic rings. The molecule has 5 nitrogen and oxygen atoms in total. The fraction of sp³-hybridized carbons (Fsp3) is 0.381. The van der Waals surface area contributed by atoms with Gasteiger partial charge in [-0.05, 0) is 61.9 Å². The van der Waals surface area contributed by atoms with Crippen LogP contribution in [0.15, 0.2) is 36.4 Å². The van der Waals surface area contributed by atoms with Gasteiger partial charge >= 0.3 is 0 Å². The molecule has 0 unspecified atom stereocenters. The number of fused-ring (bicyclic) bond motifs is 1. The summed E-state index contributed by atoms with van der Waals surface area (Å²) in [5.74, 6) is -2.81. The van der Waals surface area contributed by atoms with E-state index < -0.39 is 33.6 Å². The van der Waals surface area contributed by atoms with Gasteiger partial charge in [-0.25, -0.2) is 17.2 Å². The Hall–Kier alpha value is -2.48. The first-order valence-electron chi connectivity index (χ1n) is 9.44. The molecule has 0 aliphatic heterocycles. The largest absolute Gasteiger partial charge is 0.348 e.